The zero-order chi connectivity index (χ0) is 11.4. The Kier molecular flexibility index (Phi) is 5.55. The molecule has 0 saturated carbocycles. The molecule has 1 aromatic carbocycles. The number of rotatable bonds is 4. The second-order valence-electron chi connectivity index (χ2n) is 3.96. The first-order valence-corrected chi connectivity index (χ1v) is 5.53. The summed E-state index contributed by atoms with van der Waals surface area (Å²) in [7, 11) is 0. The molecule has 17 heavy (non-hydrogen) atoms. The van der Waals surface area contributed by atoms with Crippen LogP contribution in [0.5, 0.6) is 11.5 Å². The Labute approximate surface area is 107 Å². The molecule has 5 heteroatoms. The topological polar surface area (TPSA) is 50.7 Å². The number of benzene rings is 1. The first-order chi connectivity index (χ1) is 7.75. The van der Waals surface area contributed by atoms with Gasteiger partial charge in [-0.25, -0.2) is 0 Å². The van der Waals surface area contributed by atoms with Gasteiger partial charge in [0, 0.05) is 13.1 Å². The van der Waals surface area contributed by atoms with Crippen LogP contribution in [0.15, 0.2) is 18.2 Å². The van der Waals surface area contributed by atoms with E-state index in [9.17, 15) is 0 Å². The summed E-state index contributed by atoms with van der Waals surface area (Å²) in [5.41, 5.74) is 1.13. The van der Waals surface area contributed by atoms with E-state index in [0.717, 1.165) is 23.6 Å². The Balaban J connectivity index is 0.00000144. The molecular formula is C12H18ClNO3. The van der Waals surface area contributed by atoms with Crippen LogP contribution < -0.4 is 14.8 Å². The third-order valence-corrected chi connectivity index (χ3v) is 2.38. The highest BCUT2D eigenvalue weighted by molar-refractivity contribution is 5.85. The van der Waals surface area contributed by atoms with E-state index in [0.29, 0.717) is 19.8 Å². The molecule has 1 heterocycles. The molecule has 0 radical (unpaired) electrons. The van der Waals surface area contributed by atoms with Crippen LogP contribution in [0.4, 0.5) is 0 Å². The van der Waals surface area contributed by atoms with Gasteiger partial charge in [-0.2, -0.15) is 0 Å². The first-order valence-electron chi connectivity index (χ1n) is 5.53. The maximum Gasteiger partial charge on any atom is 0.161 e. The first kappa shape index (κ1) is 14.1. The van der Waals surface area contributed by atoms with Crippen LogP contribution >= 0.6 is 12.4 Å². The van der Waals surface area contributed by atoms with Crippen molar-refractivity contribution in [2.24, 2.45) is 0 Å². The third kappa shape index (κ3) is 4.07. The van der Waals surface area contributed by atoms with Crippen molar-refractivity contribution in [3.05, 3.63) is 23.8 Å². The number of hydrogen-bond acceptors (Lipinski definition) is 4. The van der Waals surface area contributed by atoms with Crippen LogP contribution in [-0.2, 0) is 6.54 Å². The summed E-state index contributed by atoms with van der Waals surface area (Å²) in [6.07, 6.45) is -0.322. The third-order valence-electron chi connectivity index (χ3n) is 2.38. The van der Waals surface area contributed by atoms with Gasteiger partial charge in [-0.1, -0.05) is 6.07 Å². The standard InChI is InChI=1S/C12H17NO3.ClH/c1-9(14)7-13-8-10-2-3-11-12(6-10)16-5-4-15-11;/h2-3,6,9,13-14H,4-5,7-8H2,1H3;1H. The van der Waals surface area contributed by atoms with Gasteiger partial charge < -0.3 is 19.9 Å². The molecule has 0 fully saturated rings. The Morgan fingerprint density at radius 1 is 1.29 bits per heavy atom. The minimum absolute atomic E-state index is 0. The molecule has 0 aromatic heterocycles. The molecule has 4 nitrogen and oxygen atoms in total. The van der Waals surface area contributed by atoms with E-state index in [2.05, 4.69) is 5.32 Å². The molecule has 1 aliphatic heterocycles. The monoisotopic (exact) mass is 259 g/mol. The summed E-state index contributed by atoms with van der Waals surface area (Å²) < 4.78 is 10.9. The second-order valence-corrected chi connectivity index (χ2v) is 3.96. The summed E-state index contributed by atoms with van der Waals surface area (Å²) in [5.74, 6) is 1.62. The predicted molar refractivity (Wildman–Crippen MR) is 68.1 cm³/mol. The molecule has 96 valence electrons. The zero-order valence-corrected chi connectivity index (χ0v) is 10.6. The molecule has 0 bridgehead atoms. The number of hydrogen-bond donors (Lipinski definition) is 2. The largest absolute Gasteiger partial charge is 0.486 e. The van der Waals surface area contributed by atoms with Crippen molar-refractivity contribution < 1.29 is 14.6 Å². The van der Waals surface area contributed by atoms with Gasteiger partial charge in [0.2, 0.25) is 0 Å². The summed E-state index contributed by atoms with van der Waals surface area (Å²) in [4.78, 5) is 0. The summed E-state index contributed by atoms with van der Waals surface area (Å²) in [6.45, 7) is 4.30. The van der Waals surface area contributed by atoms with Crippen LogP contribution in [0.2, 0.25) is 0 Å². The van der Waals surface area contributed by atoms with E-state index in [-0.39, 0.29) is 18.5 Å². The van der Waals surface area contributed by atoms with Crippen molar-refractivity contribution in [2.45, 2.75) is 19.6 Å². The number of aliphatic hydroxyl groups excluding tert-OH is 1. The van der Waals surface area contributed by atoms with Crippen molar-refractivity contribution in [2.75, 3.05) is 19.8 Å². The fourth-order valence-corrected chi connectivity index (χ4v) is 1.62. The van der Waals surface area contributed by atoms with E-state index >= 15 is 0 Å². The molecular weight excluding hydrogens is 242 g/mol. The van der Waals surface area contributed by atoms with Crippen LogP contribution in [0.3, 0.4) is 0 Å². The highest BCUT2D eigenvalue weighted by Gasteiger charge is 2.11. The van der Waals surface area contributed by atoms with Crippen molar-refractivity contribution in [3.63, 3.8) is 0 Å². The van der Waals surface area contributed by atoms with E-state index in [4.69, 9.17) is 14.6 Å². The Hall–Kier alpha value is -0.970. The SMILES string of the molecule is CC(O)CNCc1ccc2c(c1)OCCO2.Cl. The molecule has 1 aromatic rings. The highest BCUT2D eigenvalue weighted by Crippen LogP contribution is 2.30. The Morgan fingerprint density at radius 3 is 2.71 bits per heavy atom. The molecule has 1 aliphatic rings. The van der Waals surface area contributed by atoms with Crippen molar-refractivity contribution in [1.82, 2.24) is 5.32 Å². The average Bonchev–Trinajstić information content (AvgIpc) is 2.28. The number of aliphatic hydroxyl groups is 1. The molecule has 0 saturated heterocycles. The lowest BCUT2D eigenvalue weighted by Crippen LogP contribution is -2.24. The molecule has 0 amide bonds. The lowest BCUT2D eigenvalue weighted by molar-refractivity contribution is 0.171. The van der Waals surface area contributed by atoms with Gasteiger partial charge in [-0.3, -0.25) is 0 Å². The average molecular weight is 260 g/mol. The van der Waals surface area contributed by atoms with Gasteiger partial charge >= 0.3 is 0 Å². The summed E-state index contributed by atoms with van der Waals surface area (Å²) in [6, 6.07) is 5.90. The fraction of sp³-hybridized carbons (Fsp3) is 0.500. The molecule has 1 atom stereocenters. The fourth-order valence-electron chi connectivity index (χ4n) is 1.62. The minimum atomic E-state index is -0.322. The van der Waals surface area contributed by atoms with Gasteiger partial charge in [0.1, 0.15) is 13.2 Å². The van der Waals surface area contributed by atoms with Gasteiger partial charge in [-0.05, 0) is 24.6 Å². The van der Waals surface area contributed by atoms with E-state index in [1.807, 2.05) is 18.2 Å². The molecule has 1 unspecified atom stereocenters. The minimum Gasteiger partial charge on any atom is -0.486 e. The number of ether oxygens (including phenoxy) is 2. The number of nitrogens with one attached hydrogen (secondary N) is 1. The van der Waals surface area contributed by atoms with Crippen molar-refractivity contribution in [1.29, 1.82) is 0 Å². The van der Waals surface area contributed by atoms with E-state index in [1.54, 1.807) is 6.92 Å². The zero-order valence-electron chi connectivity index (χ0n) is 9.81. The second kappa shape index (κ2) is 6.69. The van der Waals surface area contributed by atoms with E-state index in [1.165, 1.54) is 0 Å². The van der Waals surface area contributed by atoms with Gasteiger partial charge in [-0.15, -0.1) is 12.4 Å². The van der Waals surface area contributed by atoms with Gasteiger partial charge in [0.25, 0.3) is 0 Å². The maximum atomic E-state index is 9.12. The Bertz CT molecular complexity index is 358. The normalized spacial score (nSPS) is 14.9. The number of fused-ring (bicyclic) bond motifs is 1. The molecule has 0 spiro atoms. The highest BCUT2D eigenvalue weighted by atomic mass is 35.5. The molecule has 0 aliphatic carbocycles. The lowest BCUT2D eigenvalue weighted by Gasteiger charge is -2.19. The van der Waals surface area contributed by atoms with E-state index < -0.39 is 0 Å². The van der Waals surface area contributed by atoms with Crippen LogP contribution in [0.25, 0.3) is 0 Å². The predicted octanol–water partition coefficient (Wildman–Crippen LogP) is 1.35. The van der Waals surface area contributed by atoms with Gasteiger partial charge in [0.05, 0.1) is 6.10 Å². The Morgan fingerprint density at radius 2 is 2.00 bits per heavy atom. The molecule has 2 rings (SSSR count). The maximum absolute atomic E-state index is 9.12. The smallest absolute Gasteiger partial charge is 0.161 e. The summed E-state index contributed by atoms with van der Waals surface area (Å²) >= 11 is 0. The van der Waals surface area contributed by atoms with Crippen molar-refractivity contribution >= 4 is 12.4 Å². The van der Waals surface area contributed by atoms with Crippen molar-refractivity contribution in [3.8, 4) is 11.5 Å². The number of halogens is 1. The lowest BCUT2D eigenvalue weighted by atomic mass is 10.2. The summed E-state index contributed by atoms with van der Waals surface area (Å²) in [5, 5.41) is 12.3. The van der Waals surface area contributed by atoms with Crippen LogP contribution in [0, 0.1) is 0 Å². The molecule has 2 N–H and O–H groups in total. The van der Waals surface area contributed by atoms with Crippen LogP contribution in [0.1, 0.15) is 12.5 Å². The van der Waals surface area contributed by atoms with Gasteiger partial charge in [0.15, 0.2) is 11.5 Å². The quantitative estimate of drug-likeness (QED) is 0.857. The van der Waals surface area contributed by atoms with Crippen LogP contribution in [-0.4, -0.2) is 31.0 Å².